The summed E-state index contributed by atoms with van der Waals surface area (Å²) in [5.41, 5.74) is 47.1. The van der Waals surface area contributed by atoms with E-state index in [-0.39, 0.29) is 134 Å². The predicted molar refractivity (Wildman–Crippen MR) is 435 cm³/mol. The highest BCUT2D eigenvalue weighted by molar-refractivity contribution is 7.81. The average Bonchev–Trinajstić information content (AvgIpc) is 0.828. The van der Waals surface area contributed by atoms with Crippen molar-refractivity contribution in [2.75, 3.05) is 58.6 Å². The van der Waals surface area contributed by atoms with Gasteiger partial charge in [0, 0.05) is 36.4 Å². The van der Waals surface area contributed by atoms with Gasteiger partial charge in [-0.2, -0.15) is 25.3 Å². The van der Waals surface area contributed by atoms with Crippen molar-refractivity contribution >= 4 is 120 Å². The molecule has 650 valence electrons. The summed E-state index contributed by atoms with van der Waals surface area (Å²) in [5.74, 6) is -16.2. The van der Waals surface area contributed by atoms with E-state index in [0.29, 0.717) is 36.9 Å². The van der Waals surface area contributed by atoms with Crippen LogP contribution < -0.4 is 126 Å². The Labute approximate surface area is 683 Å². The Morgan fingerprint density at radius 1 is 0.422 bits per heavy atom. The summed E-state index contributed by atoms with van der Waals surface area (Å²) in [5, 5.41) is 93.7. The van der Waals surface area contributed by atoms with Crippen molar-refractivity contribution in [3.05, 3.63) is 59.7 Å². The van der Waals surface area contributed by atoms with Gasteiger partial charge < -0.3 is 146 Å². The second kappa shape index (κ2) is 53.7. The summed E-state index contributed by atoms with van der Waals surface area (Å²) in [7, 11) is 1.77. The van der Waals surface area contributed by atoms with E-state index in [2.05, 4.69) is 105 Å². The number of aliphatic hydroxyl groups is 1. The number of amides is 13. The van der Waals surface area contributed by atoms with Crippen LogP contribution >= 0.6 is 25.3 Å². The van der Waals surface area contributed by atoms with E-state index in [1.165, 1.54) is 62.4 Å². The largest absolute Gasteiger partial charge is 0.508 e. The number of benzene rings is 2. The molecule has 45 heteroatoms. The van der Waals surface area contributed by atoms with Gasteiger partial charge in [-0.05, 0) is 173 Å². The SMILES string of the molecule is CNCCCC[C@H](N)C(=O)N[C@@H](Cc1ccc(O)cc1)C(=O)N[C@H](C(=O)N[C@@H](CC(N)=O)C(=O)N[C@@H](CCCNC(=N)N)C(=O)N[C@@H](CCN)C(=O)N[C@H](C(=O)N[C@H](CCN)C(=O)N[C@@H](CCCCN)C(=O)N[C@@H](CS)C(=O)N[C@@H](CCN)C(=O)N[C@@H](CCCNC(=N)N)C(=O)N[C@@H](Cc1ccc(O)cc1)C(=O)O)[C@@H](C)O)C(C)(C)S. The van der Waals surface area contributed by atoms with Gasteiger partial charge >= 0.3 is 5.97 Å². The lowest BCUT2D eigenvalue weighted by Gasteiger charge is -2.32. The third kappa shape index (κ3) is 38.8. The molecule has 37 N–H and O–H groups in total. The number of aromatic hydroxyl groups is 2. The number of thiol groups is 2. The number of hydrogen-bond donors (Lipinski definition) is 31. The fourth-order valence-corrected chi connectivity index (χ4v) is 11.8. The molecule has 0 spiro atoms. The van der Waals surface area contributed by atoms with Crippen LogP contribution in [0.15, 0.2) is 48.5 Å². The van der Waals surface area contributed by atoms with Crippen molar-refractivity contribution in [3.8, 4) is 11.5 Å². The first-order valence-corrected chi connectivity index (χ1v) is 38.9. The van der Waals surface area contributed by atoms with E-state index in [1.54, 1.807) is 7.05 Å². The van der Waals surface area contributed by atoms with Crippen molar-refractivity contribution in [2.24, 2.45) is 45.9 Å². The van der Waals surface area contributed by atoms with Gasteiger partial charge in [0.2, 0.25) is 76.8 Å². The van der Waals surface area contributed by atoms with Crippen LogP contribution in [-0.4, -0.2) is 263 Å². The number of nitrogens with two attached hydrogens (primary N) is 8. The van der Waals surface area contributed by atoms with Crippen LogP contribution in [-0.2, 0) is 80.0 Å². The number of carbonyl (C=O) groups excluding carboxylic acids is 13. The van der Waals surface area contributed by atoms with Crippen molar-refractivity contribution in [1.82, 2.24) is 79.8 Å². The molecule has 43 nitrogen and oxygen atoms in total. The number of aliphatic carboxylic acids is 1. The number of primary amides is 1. The number of phenols is 2. The maximum Gasteiger partial charge on any atom is 0.326 e. The van der Waals surface area contributed by atoms with Gasteiger partial charge in [0.1, 0.15) is 84.0 Å². The zero-order chi connectivity index (χ0) is 87.4. The van der Waals surface area contributed by atoms with Crippen LogP contribution in [0.1, 0.15) is 122 Å². The van der Waals surface area contributed by atoms with Gasteiger partial charge in [0.15, 0.2) is 11.9 Å². The lowest BCUT2D eigenvalue weighted by molar-refractivity contribution is -0.142. The highest BCUT2D eigenvalue weighted by Gasteiger charge is 2.41. The topological polar surface area (TPSA) is 756 Å². The molecule has 2 rings (SSSR count). The molecule has 0 radical (unpaired) electrons. The smallest absolute Gasteiger partial charge is 0.326 e. The predicted octanol–water partition coefficient (Wildman–Crippen LogP) is -8.90. The lowest BCUT2D eigenvalue weighted by Crippen LogP contribution is -2.63. The van der Waals surface area contributed by atoms with Gasteiger partial charge in [0.25, 0.3) is 0 Å². The van der Waals surface area contributed by atoms with Gasteiger partial charge in [-0.15, -0.1) is 0 Å². The second-order valence-corrected chi connectivity index (χ2v) is 29.6. The Balaban J connectivity index is 2.44. The number of phenolic OH excluding ortho intramolecular Hbond substituents is 2. The number of guanidine groups is 2. The molecule has 116 heavy (non-hydrogen) atoms. The molecule has 0 saturated heterocycles. The zero-order valence-corrected chi connectivity index (χ0v) is 67.5. The number of carboxylic acids is 1. The van der Waals surface area contributed by atoms with Crippen molar-refractivity contribution in [1.29, 1.82) is 10.8 Å². The number of hydrogen-bond acceptors (Lipinski definition) is 27. The number of unbranched alkanes of at least 4 members (excludes halogenated alkanes) is 2. The van der Waals surface area contributed by atoms with Crippen LogP contribution in [0.5, 0.6) is 11.5 Å². The molecule has 0 saturated carbocycles. The summed E-state index contributed by atoms with van der Waals surface area (Å²) in [6, 6.07) is -9.01. The molecule has 0 aliphatic rings. The van der Waals surface area contributed by atoms with Gasteiger partial charge in [-0.3, -0.25) is 73.1 Å². The third-order valence-electron chi connectivity index (χ3n) is 17.8. The monoisotopic (exact) mass is 1680 g/mol. The standard InChI is InChI=1S/C71H121N25O18S2/c1-37(97)54(66(111)90-47(24-28-74)61(106)85-43(12-5-7-26-72)59(104)94-52(36-115)65(110)89-46(23-27-73)60(105)86-45(14-10-32-84-70(80)81)58(103)93-51(68(113)114)34-39-17-21-41(99)22-18-39)95-62(107)48(25-29-75)88-57(102)44(13-9-31-83-69(78)79)87-63(108)50(35-53(77)100)92-67(112)55(71(2,3)116)96-64(109)49(33-38-15-19-40(98)20-16-38)91-56(101)42(76)11-6-8-30-82-4/h15-22,37,42-52,54-55,82,97-99,115-116H,5-14,23-36,72-76H2,1-4H3,(H2,77,100)(H,85,106)(H,86,105)(H,87,108)(H,88,102)(H,89,110)(H,90,111)(H,91,101)(H,92,112)(H,93,103)(H,94,104)(H,95,107)(H,96,109)(H,113,114)(H4,78,79,83)(H4,80,81,84)/t37-,42+,43+,44+,45+,46+,47-,48+,49+,50+,51+,52+,54+,55-/m1/s1. The fourth-order valence-electron chi connectivity index (χ4n) is 11.4. The first kappa shape index (κ1) is 102. The molecule has 0 unspecified atom stereocenters. The molecular weight excluding hydrogens is 1560 g/mol. The number of rotatable bonds is 57. The van der Waals surface area contributed by atoms with Crippen molar-refractivity contribution in [3.63, 3.8) is 0 Å². The van der Waals surface area contributed by atoms with E-state index in [0.717, 1.165) is 6.92 Å². The summed E-state index contributed by atoms with van der Waals surface area (Å²) in [6.07, 6.45) is -2.38. The fraction of sp³-hybridized carbons (Fsp3) is 0.606. The van der Waals surface area contributed by atoms with Crippen molar-refractivity contribution < 1.29 is 87.5 Å². The van der Waals surface area contributed by atoms with E-state index in [4.69, 9.17) is 56.7 Å². The van der Waals surface area contributed by atoms with Gasteiger partial charge in [-0.25, -0.2) is 4.79 Å². The summed E-state index contributed by atoms with van der Waals surface area (Å²) < 4.78 is -1.47. The maximum atomic E-state index is 14.5. The minimum absolute atomic E-state index is 0.0272. The quantitative estimate of drug-likeness (QED) is 0.0127. The summed E-state index contributed by atoms with van der Waals surface area (Å²) in [4.78, 5) is 195. The molecule has 0 heterocycles. The summed E-state index contributed by atoms with van der Waals surface area (Å²) >= 11 is 8.84. The lowest BCUT2D eigenvalue weighted by atomic mass is 9.99. The Hall–Kier alpha value is -10.4. The number of carboxylic acid groups (broad SMARTS) is 1. The first-order valence-electron chi connectivity index (χ1n) is 37.8. The van der Waals surface area contributed by atoms with Crippen LogP contribution in [0, 0.1) is 10.8 Å². The first-order chi connectivity index (χ1) is 54.7. The van der Waals surface area contributed by atoms with Crippen LogP contribution in [0.2, 0.25) is 0 Å². The van der Waals surface area contributed by atoms with E-state index in [9.17, 15) is 87.5 Å². The Morgan fingerprint density at radius 3 is 1.15 bits per heavy atom. The Bertz CT molecular complexity index is 3570. The molecule has 0 fully saturated rings. The Morgan fingerprint density at radius 2 is 0.767 bits per heavy atom. The minimum Gasteiger partial charge on any atom is -0.508 e. The van der Waals surface area contributed by atoms with Gasteiger partial charge in [-0.1, -0.05) is 30.7 Å². The highest BCUT2D eigenvalue weighted by Crippen LogP contribution is 2.21. The van der Waals surface area contributed by atoms with E-state index in [1.807, 2.05) is 0 Å². The molecule has 0 aromatic heterocycles. The van der Waals surface area contributed by atoms with Crippen molar-refractivity contribution in [2.45, 2.75) is 213 Å². The normalized spacial score (nSPS) is 14.8. The molecule has 0 bridgehead atoms. The third-order valence-corrected chi connectivity index (χ3v) is 18.4. The van der Waals surface area contributed by atoms with Gasteiger partial charge in [0.05, 0.1) is 18.6 Å². The molecule has 2 aromatic carbocycles. The van der Waals surface area contributed by atoms with Crippen LogP contribution in [0.25, 0.3) is 0 Å². The number of carbonyl (C=O) groups is 14. The molecule has 13 amide bonds. The number of nitrogens with one attached hydrogen (secondary N) is 17. The van der Waals surface area contributed by atoms with Crippen LogP contribution in [0.4, 0.5) is 0 Å². The molecular formula is C71H121N25O18S2. The molecule has 0 aliphatic heterocycles. The number of aliphatic hydroxyl groups excluding tert-OH is 1. The Kier molecular flexibility index (Phi) is 47.0. The summed E-state index contributed by atoms with van der Waals surface area (Å²) in [6.45, 7) is 3.98. The molecule has 2 aromatic rings. The minimum atomic E-state index is -1.92. The molecule has 0 aliphatic carbocycles. The van der Waals surface area contributed by atoms with Crippen LogP contribution in [0.3, 0.4) is 0 Å². The van der Waals surface area contributed by atoms with E-state index < -0.39 is 190 Å². The maximum absolute atomic E-state index is 14.5. The average molecular weight is 1680 g/mol. The van der Waals surface area contributed by atoms with E-state index >= 15 is 0 Å². The zero-order valence-electron chi connectivity index (χ0n) is 65.7. The molecule has 14 atom stereocenters. The highest BCUT2D eigenvalue weighted by atomic mass is 32.1. The second-order valence-electron chi connectivity index (χ2n) is 28.1.